The number of thiazole rings is 1. The van der Waals surface area contributed by atoms with Crippen LogP contribution in [0.1, 0.15) is 10.6 Å². The Hall–Kier alpha value is -1.88. The van der Waals surface area contributed by atoms with Crippen LogP contribution in [0, 0.1) is 13.8 Å². The topological polar surface area (TPSA) is 48.0 Å². The smallest absolute Gasteiger partial charge is 0.408 e. The maximum absolute atomic E-state index is 11.4. The molecule has 0 bridgehead atoms. The molecule has 0 N–H and O–H groups in total. The summed E-state index contributed by atoms with van der Waals surface area (Å²) in [7, 11) is 1.70. The van der Waals surface area contributed by atoms with Crippen molar-refractivity contribution in [1.29, 1.82) is 0 Å². The lowest BCUT2D eigenvalue weighted by molar-refractivity contribution is 0.528. The van der Waals surface area contributed by atoms with Crippen molar-refractivity contribution in [2.45, 2.75) is 13.8 Å². The summed E-state index contributed by atoms with van der Waals surface area (Å²) < 4.78 is 6.68. The second kappa shape index (κ2) is 3.81. The maximum Gasteiger partial charge on any atom is 0.419 e. The van der Waals surface area contributed by atoms with Crippen molar-refractivity contribution in [3.63, 3.8) is 0 Å². The number of oxazole rings is 1. The minimum absolute atomic E-state index is 0.339. The first-order chi connectivity index (χ1) is 8.56. The number of rotatable bonds is 1. The highest BCUT2D eigenvalue weighted by Gasteiger charge is 2.10. The molecular formula is C13H12N2O2S. The zero-order valence-electron chi connectivity index (χ0n) is 10.4. The lowest BCUT2D eigenvalue weighted by atomic mass is 10.2. The molecule has 0 aliphatic rings. The van der Waals surface area contributed by atoms with Crippen molar-refractivity contribution >= 4 is 22.4 Å². The predicted octanol–water partition coefficient (Wildman–Crippen LogP) is 2.87. The minimum Gasteiger partial charge on any atom is -0.408 e. The highest BCUT2D eigenvalue weighted by atomic mass is 32.1. The Morgan fingerprint density at radius 2 is 2.11 bits per heavy atom. The summed E-state index contributed by atoms with van der Waals surface area (Å²) in [6.45, 7) is 4.05. The van der Waals surface area contributed by atoms with Crippen LogP contribution in [0.25, 0.3) is 21.7 Å². The largest absolute Gasteiger partial charge is 0.419 e. The molecule has 0 spiro atoms. The molecule has 0 saturated heterocycles. The normalized spacial score (nSPS) is 11.3. The average molecular weight is 260 g/mol. The molecule has 0 saturated carbocycles. The van der Waals surface area contributed by atoms with Crippen LogP contribution in [0.15, 0.2) is 27.4 Å². The van der Waals surface area contributed by atoms with E-state index in [0.29, 0.717) is 5.58 Å². The van der Waals surface area contributed by atoms with Gasteiger partial charge >= 0.3 is 5.76 Å². The molecule has 3 rings (SSSR count). The van der Waals surface area contributed by atoms with E-state index in [4.69, 9.17) is 4.42 Å². The van der Waals surface area contributed by atoms with Gasteiger partial charge in [0.2, 0.25) is 0 Å². The Kier molecular flexibility index (Phi) is 2.38. The Balaban J connectivity index is 2.22. The van der Waals surface area contributed by atoms with E-state index in [-0.39, 0.29) is 5.76 Å². The zero-order chi connectivity index (χ0) is 12.9. The fourth-order valence-electron chi connectivity index (χ4n) is 1.86. The number of benzene rings is 1. The molecule has 0 unspecified atom stereocenters. The summed E-state index contributed by atoms with van der Waals surface area (Å²) >= 11 is 1.65. The van der Waals surface area contributed by atoms with Crippen LogP contribution in [0.5, 0.6) is 0 Å². The molecule has 2 aromatic heterocycles. The van der Waals surface area contributed by atoms with E-state index < -0.39 is 0 Å². The van der Waals surface area contributed by atoms with Crippen LogP contribution >= 0.6 is 11.3 Å². The molecule has 92 valence electrons. The number of fused-ring (bicyclic) bond motifs is 1. The Morgan fingerprint density at radius 3 is 2.78 bits per heavy atom. The molecule has 5 heteroatoms. The van der Waals surface area contributed by atoms with Gasteiger partial charge in [-0.05, 0) is 32.0 Å². The summed E-state index contributed by atoms with van der Waals surface area (Å²) in [6.07, 6.45) is 0. The molecule has 0 atom stereocenters. The summed E-state index contributed by atoms with van der Waals surface area (Å²) in [5, 5.41) is 0.957. The molecule has 2 heterocycles. The third kappa shape index (κ3) is 1.59. The summed E-state index contributed by atoms with van der Waals surface area (Å²) in [4.78, 5) is 17.1. The van der Waals surface area contributed by atoms with Crippen molar-refractivity contribution in [2.75, 3.05) is 0 Å². The molecule has 3 aromatic rings. The van der Waals surface area contributed by atoms with Crippen molar-refractivity contribution in [3.8, 4) is 10.6 Å². The summed E-state index contributed by atoms with van der Waals surface area (Å²) in [5.41, 5.74) is 3.43. The van der Waals surface area contributed by atoms with Gasteiger partial charge in [-0.25, -0.2) is 9.78 Å². The first-order valence-corrected chi connectivity index (χ1v) is 6.42. The average Bonchev–Trinajstić information content (AvgIpc) is 2.81. The summed E-state index contributed by atoms with van der Waals surface area (Å²) in [5.74, 6) is -0.339. The van der Waals surface area contributed by atoms with Crippen LogP contribution < -0.4 is 5.76 Å². The quantitative estimate of drug-likeness (QED) is 0.676. The number of nitrogens with zero attached hydrogens (tertiary/aromatic N) is 2. The van der Waals surface area contributed by atoms with Gasteiger partial charge in [0.05, 0.1) is 11.2 Å². The van der Waals surface area contributed by atoms with Gasteiger partial charge in [-0.3, -0.25) is 4.57 Å². The van der Waals surface area contributed by atoms with E-state index in [1.165, 1.54) is 9.44 Å². The van der Waals surface area contributed by atoms with Gasteiger partial charge in [-0.15, -0.1) is 11.3 Å². The van der Waals surface area contributed by atoms with E-state index >= 15 is 0 Å². The van der Waals surface area contributed by atoms with E-state index in [9.17, 15) is 4.79 Å². The lowest BCUT2D eigenvalue weighted by Crippen LogP contribution is -2.08. The van der Waals surface area contributed by atoms with Crippen LogP contribution in [-0.4, -0.2) is 9.55 Å². The summed E-state index contributed by atoms with van der Waals surface area (Å²) in [6, 6.07) is 5.73. The first-order valence-electron chi connectivity index (χ1n) is 5.60. The fourth-order valence-corrected chi connectivity index (χ4v) is 2.77. The van der Waals surface area contributed by atoms with Gasteiger partial charge in [0.15, 0.2) is 5.58 Å². The van der Waals surface area contributed by atoms with E-state index in [1.54, 1.807) is 18.4 Å². The van der Waals surface area contributed by atoms with Gasteiger partial charge < -0.3 is 4.42 Å². The number of aryl methyl sites for hydroxylation is 3. The van der Waals surface area contributed by atoms with Crippen molar-refractivity contribution in [3.05, 3.63) is 39.3 Å². The molecule has 1 aromatic carbocycles. The van der Waals surface area contributed by atoms with Crippen LogP contribution in [0.3, 0.4) is 0 Å². The van der Waals surface area contributed by atoms with Gasteiger partial charge in [-0.2, -0.15) is 0 Å². The van der Waals surface area contributed by atoms with E-state index in [2.05, 4.69) is 11.9 Å². The Morgan fingerprint density at radius 1 is 1.33 bits per heavy atom. The van der Waals surface area contributed by atoms with E-state index in [0.717, 1.165) is 21.8 Å². The predicted molar refractivity (Wildman–Crippen MR) is 72.0 cm³/mol. The maximum atomic E-state index is 11.4. The monoisotopic (exact) mass is 260 g/mol. The fraction of sp³-hybridized carbons (Fsp3) is 0.231. The zero-order valence-corrected chi connectivity index (χ0v) is 11.2. The van der Waals surface area contributed by atoms with Gasteiger partial charge in [0, 0.05) is 17.5 Å². The third-order valence-electron chi connectivity index (χ3n) is 3.07. The van der Waals surface area contributed by atoms with E-state index in [1.807, 2.05) is 25.1 Å². The van der Waals surface area contributed by atoms with Gasteiger partial charge in [-0.1, -0.05) is 0 Å². The van der Waals surface area contributed by atoms with Crippen LogP contribution in [0.4, 0.5) is 0 Å². The van der Waals surface area contributed by atoms with Crippen LogP contribution in [0.2, 0.25) is 0 Å². The second-order valence-electron chi connectivity index (χ2n) is 4.27. The minimum atomic E-state index is -0.339. The molecule has 0 aliphatic carbocycles. The van der Waals surface area contributed by atoms with Crippen molar-refractivity contribution in [1.82, 2.24) is 9.55 Å². The Labute approximate surface area is 108 Å². The molecular weight excluding hydrogens is 248 g/mol. The van der Waals surface area contributed by atoms with Crippen molar-refractivity contribution in [2.24, 2.45) is 7.05 Å². The first kappa shape index (κ1) is 11.2. The highest BCUT2D eigenvalue weighted by molar-refractivity contribution is 7.15. The molecule has 18 heavy (non-hydrogen) atoms. The SMILES string of the molecule is Cc1nc(-c2ccc3c(c2)oc(=O)n3C)sc1C. The third-order valence-corrected chi connectivity index (χ3v) is 4.19. The lowest BCUT2D eigenvalue weighted by Gasteiger charge is -1.96. The van der Waals surface area contributed by atoms with Crippen LogP contribution in [-0.2, 0) is 7.05 Å². The molecule has 0 radical (unpaired) electrons. The number of hydrogen-bond donors (Lipinski definition) is 0. The van der Waals surface area contributed by atoms with Gasteiger partial charge in [0.1, 0.15) is 5.01 Å². The molecule has 0 fully saturated rings. The molecule has 0 aliphatic heterocycles. The van der Waals surface area contributed by atoms with Crippen molar-refractivity contribution < 1.29 is 4.42 Å². The highest BCUT2D eigenvalue weighted by Crippen LogP contribution is 2.29. The standard InChI is InChI=1S/C13H12N2O2S/c1-7-8(2)18-12(14-7)9-4-5-10-11(6-9)17-13(16)15(10)3/h4-6H,1-3H3. The Bertz CT molecular complexity index is 776. The number of aromatic nitrogens is 2. The van der Waals surface area contributed by atoms with Gasteiger partial charge in [0.25, 0.3) is 0 Å². The number of hydrogen-bond acceptors (Lipinski definition) is 4. The second-order valence-corrected chi connectivity index (χ2v) is 5.47. The molecule has 4 nitrogen and oxygen atoms in total. The molecule has 0 amide bonds.